The quantitative estimate of drug-likeness (QED) is 0.487. The summed E-state index contributed by atoms with van der Waals surface area (Å²) in [5.74, 6) is -3.85. The van der Waals surface area contributed by atoms with Gasteiger partial charge >= 0.3 is 0 Å². The number of carbonyl (C=O) groups is 2. The minimum atomic E-state index is -1.14. The Balaban J connectivity index is 2.68. The first-order chi connectivity index (χ1) is 8.06. The Labute approximate surface area is 97.8 Å². The Kier molecular flexibility index (Phi) is 4.75. The van der Waals surface area contributed by atoms with E-state index in [4.69, 9.17) is 0 Å². The summed E-state index contributed by atoms with van der Waals surface area (Å²) >= 11 is 0. The van der Waals surface area contributed by atoms with Crippen molar-refractivity contribution in [2.45, 2.75) is 19.8 Å². The number of benzene rings is 1. The number of halogens is 2. The second-order valence-electron chi connectivity index (χ2n) is 3.57. The van der Waals surface area contributed by atoms with Crippen LogP contribution in [0.3, 0.4) is 0 Å². The number of carbonyl (C=O) groups excluding carboxylic acids is 2. The molecule has 0 atom stereocenters. The molecular formula is C12H13F2NO2. The predicted octanol–water partition coefficient (Wildman–Crippen LogP) is 2.06. The van der Waals surface area contributed by atoms with E-state index in [9.17, 15) is 18.4 Å². The van der Waals surface area contributed by atoms with Crippen LogP contribution in [0.4, 0.5) is 8.78 Å². The van der Waals surface area contributed by atoms with Crippen LogP contribution in [-0.4, -0.2) is 18.2 Å². The molecule has 3 nitrogen and oxygen atoms in total. The van der Waals surface area contributed by atoms with Crippen molar-refractivity contribution in [3.05, 3.63) is 35.4 Å². The van der Waals surface area contributed by atoms with Gasteiger partial charge in [0.1, 0.15) is 0 Å². The van der Waals surface area contributed by atoms with Crippen LogP contribution in [0.1, 0.15) is 30.1 Å². The Morgan fingerprint density at radius 2 is 1.94 bits per heavy atom. The van der Waals surface area contributed by atoms with E-state index in [2.05, 4.69) is 5.32 Å². The fraction of sp³-hybridized carbons (Fsp3) is 0.333. The van der Waals surface area contributed by atoms with Gasteiger partial charge in [0.2, 0.25) is 5.78 Å². The van der Waals surface area contributed by atoms with Gasteiger partial charge in [-0.25, -0.2) is 8.78 Å². The van der Waals surface area contributed by atoms with E-state index < -0.39 is 23.3 Å². The molecule has 1 rings (SSSR count). The van der Waals surface area contributed by atoms with Crippen molar-refractivity contribution in [2.24, 2.45) is 0 Å². The number of amides is 1. The van der Waals surface area contributed by atoms with Crippen molar-refractivity contribution in [1.29, 1.82) is 0 Å². The third-order valence-electron chi connectivity index (χ3n) is 2.20. The van der Waals surface area contributed by atoms with Crippen molar-refractivity contribution in [3.63, 3.8) is 0 Å². The van der Waals surface area contributed by atoms with E-state index in [1.54, 1.807) is 0 Å². The van der Waals surface area contributed by atoms with E-state index in [0.717, 1.165) is 31.0 Å². The van der Waals surface area contributed by atoms with Gasteiger partial charge in [-0.2, -0.15) is 0 Å². The summed E-state index contributed by atoms with van der Waals surface area (Å²) in [5, 5.41) is 2.41. The van der Waals surface area contributed by atoms with Gasteiger partial charge in [0, 0.05) is 12.1 Å². The molecule has 0 aliphatic heterocycles. The molecule has 0 aromatic heterocycles. The highest BCUT2D eigenvalue weighted by atomic mass is 19.2. The zero-order chi connectivity index (χ0) is 12.8. The summed E-state index contributed by atoms with van der Waals surface area (Å²) < 4.78 is 25.5. The molecule has 0 unspecified atom stereocenters. The van der Waals surface area contributed by atoms with E-state index >= 15 is 0 Å². The Hall–Kier alpha value is -1.78. The fourth-order valence-electron chi connectivity index (χ4n) is 1.23. The Bertz CT molecular complexity index is 433. The summed E-state index contributed by atoms with van der Waals surface area (Å²) in [6, 6.07) is 2.62. The van der Waals surface area contributed by atoms with Crippen molar-refractivity contribution >= 4 is 11.7 Å². The maximum atomic E-state index is 12.9. The van der Waals surface area contributed by atoms with Crippen molar-refractivity contribution in [1.82, 2.24) is 5.32 Å². The minimum Gasteiger partial charge on any atom is -0.349 e. The fourth-order valence-corrected chi connectivity index (χ4v) is 1.23. The zero-order valence-electron chi connectivity index (χ0n) is 9.43. The van der Waals surface area contributed by atoms with Crippen molar-refractivity contribution in [2.75, 3.05) is 6.54 Å². The number of nitrogens with one attached hydrogen (secondary N) is 1. The number of hydrogen-bond donors (Lipinski definition) is 1. The normalized spacial score (nSPS) is 10.1. The molecular weight excluding hydrogens is 228 g/mol. The SMILES string of the molecule is CCCCNC(=O)C(=O)c1ccc(F)c(F)c1. The maximum absolute atomic E-state index is 12.9. The molecule has 0 heterocycles. The summed E-state index contributed by atoms with van der Waals surface area (Å²) in [5.41, 5.74) is -0.155. The number of rotatable bonds is 5. The lowest BCUT2D eigenvalue weighted by molar-refractivity contribution is -0.117. The molecule has 92 valence electrons. The highest BCUT2D eigenvalue weighted by Gasteiger charge is 2.17. The van der Waals surface area contributed by atoms with E-state index in [-0.39, 0.29) is 5.56 Å². The number of Topliss-reactive ketones (excluding diaryl/α,β-unsaturated/α-hetero) is 1. The first-order valence-electron chi connectivity index (χ1n) is 5.33. The third kappa shape index (κ3) is 3.62. The highest BCUT2D eigenvalue weighted by molar-refractivity contribution is 6.42. The van der Waals surface area contributed by atoms with Gasteiger partial charge < -0.3 is 5.32 Å². The smallest absolute Gasteiger partial charge is 0.292 e. The molecule has 1 aromatic carbocycles. The molecule has 1 amide bonds. The summed E-state index contributed by atoms with van der Waals surface area (Å²) in [6.07, 6.45) is 1.65. The molecule has 0 saturated carbocycles. The average Bonchev–Trinajstić information content (AvgIpc) is 2.32. The summed E-state index contributed by atoms with van der Waals surface area (Å²) in [6.45, 7) is 2.34. The van der Waals surface area contributed by atoms with Crippen LogP contribution in [-0.2, 0) is 4.79 Å². The lowest BCUT2D eigenvalue weighted by Crippen LogP contribution is -2.31. The Morgan fingerprint density at radius 1 is 1.24 bits per heavy atom. The molecule has 17 heavy (non-hydrogen) atoms. The van der Waals surface area contributed by atoms with Crippen LogP contribution < -0.4 is 5.32 Å². The van der Waals surface area contributed by atoms with Gasteiger partial charge in [0.05, 0.1) is 0 Å². The third-order valence-corrected chi connectivity index (χ3v) is 2.20. The number of unbranched alkanes of at least 4 members (excludes halogenated alkanes) is 1. The van der Waals surface area contributed by atoms with E-state index in [1.807, 2.05) is 6.92 Å². The first kappa shape index (κ1) is 13.3. The molecule has 0 aliphatic carbocycles. The average molecular weight is 241 g/mol. The topological polar surface area (TPSA) is 46.2 Å². The van der Waals surface area contributed by atoms with Gasteiger partial charge in [-0.3, -0.25) is 9.59 Å². The van der Waals surface area contributed by atoms with Crippen LogP contribution >= 0.6 is 0 Å². The molecule has 0 bridgehead atoms. The van der Waals surface area contributed by atoms with Gasteiger partial charge in [-0.05, 0) is 24.6 Å². The maximum Gasteiger partial charge on any atom is 0.292 e. The van der Waals surface area contributed by atoms with Crippen molar-refractivity contribution < 1.29 is 18.4 Å². The van der Waals surface area contributed by atoms with Crippen LogP contribution in [0.5, 0.6) is 0 Å². The monoisotopic (exact) mass is 241 g/mol. The number of hydrogen-bond acceptors (Lipinski definition) is 2. The van der Waals surface area contributed by atoms with E-state index in [1.165, 1.54) is 0 Å². The van der Waals surface area contributed by atoms with Gasteiger partial charge in [-0.15, -0.1) is 0 Å². The molecule has 0 spiro atoms. The van der Waals surface area contributed by atoms with Gasteiger partial charge in [0.15, 0.2) is 11.6 Å². The first-order valence-corrected chi connectivity index (χ1v) is 5.33. The molecule has 0 saturated heterocycles. The molecule has 5 heteroatoms. The van der Waals surface area contributed by atoms with E-state index in [0.29, 0.717) is 6.54 Å². The predicted molar refractivity (Wildman–Crippen MR) is 58.6 cm³/mol. The van der Waals surface area contributed by atoms with Crippen LogP contribution in [0, 0.1) is 11.6 Å². The van der Waals surface area contributed by atoms with Crippen LogP contribution in [0.2, 0.25) is 0 Å². The molecule has 0 radical (unpaired) electrons. The minimum absolute atomic E-state index is 0.155. The standard InChI is InChI=1S/C12H13F2NO2/c1-2-3-6-15-12(17)11(16)8-4-5-9(13)10(14)7-8/h4-5,7H,2-3,6H2,1H3,(H,15,17). The molecule has 1 aromatic rings. The van der Waals surface area contributed by atoms with Crippen LogP contribution in [0.25, 0.3) is 0 Å². The Morgan fingerprint density at radius 3 is 2.53 bits per heavy atom. The summed E-state index contributed by atoms with van der Waals surface area (Å²) in [4.78, 5) is 22.8. The second-order valence-corrected chi connectivity index (χ2v) is 3.57. The summed E-state index contributed by atoms with van der Waals surface area (Å²) in [7, 11) is 0. The molecule has 1 N–H and O–H groups in total. The lowest BCUT2D eigenvalue weighted by Gasteiger charge is -2.03. The molecule has 0 fully saturated rings. The highest BCUT2D eigenvalue weighted by Crippen LogP contribution is 2.09. The van der Waals surface area contributed by atoms with Gasteiger partial charge in [-0.1, -0.05) is 13.3 Å². The second kappa shape index (κ2) is 6.08. The van der Waals surface area contributed by atoms with Crippen LogP contribution in [0.15, 0.2) is 18.2 Å². The van der Waals surface area contributed by atoms with Crippen molar-refractivity contribution in [3.8, 4) is 0 Å². The number of ketones is 1. The zero-order valence-corrected chi connectivity index (χ0v) is 9.43. The largest absolute Gasteiger partial charge is 0.349 e. The molecule has 0 aliphatic rings. The van der Waals surface area contributed by atoms with Gasteiger partial charge in [0.25, 0.3) is 5.91 Å². The lowest BCUT2D eigenvalue weighted by atomic mass is 10.1.